The molecular weight excluding hydrogens is 685 g/mol. The molecule has 3 heterocycles. The molecule has 0 bridgehead atoms. The van der Waals surface area contributed by atoms with Gasteiger partial charge in [-0.3, -0.25) is 9.97 Å². The Morgan fingerprint density at radius 2 is 0.786 bits per heavy atom. The van der Waals surface area contributed by atoms with Crippen LogP contribution in [0.5, 0.6) is 0 Å². The van der Waals surface area contributed by atoms with Gasteiger partial charge in [-0.05, 0) is 81.6 Å². The van der Waals surface area contributed by atoms with Crippen LogP contribution in [0.3, 0.4) is 0 Å². The van der Waals surface area contributed by atoms with Crippen LogP contribution < -0.4 is 0 Å². The van der Waals surface area contributed by atoms with Crippen molar-refractivity contribution in [2.24, 2.45) is 0 Å². The smallest absolute Gasteiger partial charge is 0.164 e. The van der Waals surface area contributed by atoms with Gasteiger partial charge in [0.15, 0.2) is 17.5 Å². The normalized spacial score (nSPS) is 11.2. The molecule has 0 amide bonds. The van der Waals surface area contributed by atoms with Crippen molar-refractivity contribution in [3.05, 3.63) is 188 Å². The molecule has 0 aliphatic heterocycles. The zero-order valence-corrected chi connectivity index (χ0v) is 30.0. The molecule has 6 heteroatoms. The van der Waals surface area contributed by atoms with Crippen molar-refractivity contribution in [1.29, 1.82) is 5.26 Å². The van der Waals surface area contributed by atoms with Gasteiger partial charge in [0, 0.05) is 51.0 Å². The summed E-state index contributed by atoms with van der Waals surface area (Å²) in [5.74, 6) is 1.84. The summed E-state index contributed by atoms with van der Waals surface area (Å²) < 4.78 is 0. The Kier molecular flexibility index (Phi) is 8.09. The van der Waals surface area contributed by atoms with E-state index in [1.54, 1.807) is 0 Å². The molecule has 0 atom stereocenters. The van der Waals surface area contributed by atoms with Crippen molar-refractivity contribution in [3.8, 4) is 73.6 Å². The molecule has 0 aliphatic rings. The summed E-state index contributed by atoms with van der Waals surface area (Å²) in [4.78, 5) is 24.8. The summed E-state index contributed by atoms with van der Waals surface area (Å²) in [6, 6.07) is 59.7. The monoisotopic (exact) mass is 714 g/mol. The number of fused-ring (bicyclic) bond motifs is 5. The van der Waals surface area contributed by atoms with Gasteiger partial charge < -0.3 is 0 Å². The molecule has 10 rings (SSSR count). The number of rotatable bonds is 6. The van der Waals surface area contributed by atoms with Crippen molar-refractivity contribution >= 4 is 32.6 Å². The van der Waals surface area contributed by atoms with E-state index in [2.05, 4.69) is 78.9 Å². The van der Waals surface area contributed by atoms with Crippen molar-refractivity contribution in [2.45, 2.75) is 0 Å². The molecule has 0 radical (unpaired) electrons. The van der Waals surface area contributed by atoms with Crippen molar-refractivity contribution in [1.82, 2.24) is 24.9 Å². The molecule has 0 saturated carbocycles. The SMILES string of the molecule is N#Cc1ccc(-c2cccc(-c3cc4c5cccnc5c(-c5cccc(-c6nc(-c7ccccc7)nc(-c7ccccc7)n6)c5)cc4c4cccnc34)c2)cc1. The third-order valence-electron chi connectivity index (χ3n) is 10.2. The van der Waals surface area contributed by atoms with Crippen LogP contribution in [0.1, 0.15) is 5.56 Å². The molecule has 0 saturated heterocycles. The first kappa shape index (κ1) is 32.7. The molecule has 0 fully saturated rings. The average Bonchev–Trinajstić information content (AvgIpc) is 3.29. The highest BCUT2D eigenvalue weighted by molar-refractivity contribution is 6.22. The molecule has 56 heavy (non-hydrogen) atoms. The molecule has 0 unspecified atom stereocenters. The van der Waals surface area contributed by atoms with E-state index in [0.717, 1.165) is 82.6 Å². The predicted molar refractivity (Wildman–Crippen MR) is 225 cm³/mol. The Morgan fingerprint density at radius 1 is 0.339 bits per heavy atom. The fourth-order valence-corrected chi connectivity index (χ4v) is 7.51. The van der Waals surface area contributed by atoms with Gasteiger partial charge in [0.1, 0.15) is 0 Å². The van der Waals surface area contributed by atoms with Crippen LogP contribution in [0.2, 0.25) is 0 Å². The second-order valence-electron chi connectivity index (χ2n) is 13.6. The highest BCUT2D eigenvalue weighted by Gasteiger charge is 2.18. The van der Waals surface area contributed by atoms with E-state index in [-0.39, 0.29) is 0 Å². The highest BCUT2D eigenvalue weighted by atomic mass is 15.0. The van der Waals surface area contributed by atoms with Gasteiger partial charge in [-0.1, -0.05) is 121 Å². The Balaban J connectivity index is 1.14. The van der Waals surface area contributed by atoms with E-state index in [1.165, 1.54) is 0 Å². The summed E-state index contributed by atoms with van der Waals surface area (Å²) >= 11 is 0. The molecule has 10 aromatic rings. The van der Waals surface area contributed by atoms with Crippen molar-refractivity contribution in [3.63, 3.8) is 0 Å². The maximum absolute atomic E-state index is 9.32. The van der Waals surface area contributed by atoms with Crippen LogP contribution in [0.15, 0.2) is 182 Å². The van der Waals surface area contributed by atoms with E-state index < -0.39 is 0 Å². The minimum atomic E-state index is 0.597. The van der Waals surface area contributed by atoms with E-state index in [1.807, 2.05) is 109 Å². The lowest BCUT2D eigenvalue weighted by Gasteiger charge is -2.16. The number of pyridine rings is 2. The third kappa shape index (κ3) is 5.90. The maximum Gasteiger partial charge on any atom is 0.164 e. The van der Waals surface area contributed by atoms with E-state index in [9.17, 15) is 5.26 Å². The Morgan fingerprint density at radius 3 is 1.30 bits per heavy atom. The van der Waals surface area contributed by atoms with Crippen molar-refractivity contribution in [2.75, 3.05) is 0 Å². The van der Waals surface area contributed by atoms with Gasteiger partial charge in [-0.15, -0.1) is 0 Å². The minimum Gasteiger partial charge on any atom is -0.256 e. The molecule has 7 aromatic carbocycles. The van der Waals surface area contributed by atoms with Crippen LogP contribution in [0, 0.1) is 11.3 Å². The fourth-order valence-electron chi connectivity index (χ4n) is 7.51. The van der Waals surface area contributed by atoms with Crippen LogP contribution in [-0.4, -0.2) is 24.9 Å². The summed E-state index contributed by atoms with van der Waals surface area (Å²) in [6.45, 7) is 0. The number of nitrogens with zero attached hydrogens (tertiary/aromatic N) is 6. The lowest BCUT2D eigenvalue weighted by molar-refractivity contribution is 1.07. The van der Waals surface area contributed by atoms with Gasteiger partial charge in [0.25, 0.3) is 0 Å². The van der Waals surface area contributed by atoms with Gasteiger partial charge in [-0.25, -0.2) is 15.0 Å². The second kappa shape index (κ2) is 13.8. The summed E-state index contributed by atoms with van der Waals surface area (Å²) in [7, 11) is 0. The Labute approximate surface area is 323 Å². The molecule has 0 N–H and O–H groups in total. The van der Waals surface area contributed by atoms with E-state index in [0.29, 0.717) is 23.0 Å². The van der Waals surface area contributed by atoms with Crippen LogP contribution >= 0.6 is 0 Å². The summed E-state index contributed by atoms with van der Waals surface area (Å²) in [5.41, 5.74) is 11.4. The fraction of sp³-hybridized carbons (Fsp3) is 0. The molecule has 260 valence electrons. The standard InChI is InChI=1S/C50H30N6/c51-31-32-21-23-33(24-22-32)36-15-7-16-37(27-36)42-29-44-41-20-10-26-53-47(41)43(30-45(44)40-19-9-25-52-46(40)42)38-17-8-18-39(28-38)50-55-48(34-11-3-1-4-12-34)54-49(56-50)35-13-5-2-6-14-35/h1-30H. The van der Waals surface area contributed by atoms with E-state index in [4.69, 9.17) is 24.9 Å². The minimum absolute atomic E-state index is 0.597. The van der Waals surface area contributed by atoms with Crippen LogP contribution in [0.25, 0.3) is 100 Å². The third-order valence-corrected chi connectivity index (χ3v) is 10.2. The highest BCUT2D eigenvalue weighted by Crippen LogP contribution is 2.41. The molecule has 0 aliphatic carbocycles. The van der Waals surface area contributed by atoms with Gasteiger partial charge >= 0.3 is 0 Å². The van der Waals surface area contributed by atoms with E-state index >= 15 is 0 Å². The zero-order chi connectivity index (χ0) is 37.4. The first-order valence-electron chi connectivity index (χ1n) is 18.4. The lowest BCUT2D eigenvalue weighted by atomic mass is 9.90. The molecule has 6 nitrogen and oxygen atoms in total. The van der Waals surface area contributed by atoms with Gasteiger partial charge in [0.2, 0.25) is 0 Å². The quantitative estimate of drug-likeness (QED) is 0.159. The number of aromatic nitrogens is 5. The molecular formula is C50H30N6. The summed E-state index contributed by atoms with van der Waals surface area (Å²) in [5, 5.41) is 13.6. The van der Waals surface area contributed by atoms with Gasteiger partial charge in [-0.2, -0.15) is 5.26 Å². The summed E-state index contributed by atoms with van der Waals surface area (Å²) in [6.07, 6.45) is 3.72. The predicted octanol–water partition coefficient (Wildman–Crippen LogP) is 12.0. The number of nitriles is 1. The largest absolute Gasteiger partial charge is 0.256 e. The first-order valence-corrected chi connectivity index (χ1v) is 18.4. The maximum atomic E-state index is 9.32. The van der Waals surface area contributed by atoms with Crippen molar-refractivity contribution < 1.29 is 0 Å². The van der Waals surface area contributed by atoms with Crippen LogP contribution in [0.4, 0.5) is 0 Å². The number of hydrogen-bond acceptors (Lipinski definition) is 6. The van der Waals surface area contributed by atoms with Crippen LogP contribution in [-0.2, 0) is 0 Å². The Bertz CT molecular complexity index is 3080. The molecule has 3 aromatic heterocycles. The number of hydrogen-bond donors (Lipinski definition) is 0. The number of benzene rings is 7. The second-order valence-corrected chi connectivity index (χ2v) is 13.6. The zero-order valence-electron chi connectivity index (χ0n) is 30.0. The molecule has 0 spiro atoms. The lowest BCUT2D eigenvalue weighted by Crippen LogP contribution is -2.00. The van der Waals surface area contributed by atoms with Gasteiger partial charge in [0.05, 0.1) is 22.7 Å². The topological polar surface area (TPSA) is 88.2 Å². The first-order chi connectivity index (χ1) is 27.7. The Hall–Kier alpha value is -7.88. The average molecular weight is 715 g/mol.